The Morgan fingerprint density at radius 1 is 0.727 bits per heavy atom. The van der Waals surface area contributed by atoms with Crippen molar-refractivity contribution in [3.8, 4) is 11.5 Å². The van der Waals surface area contributed by atoms with Crippen LogP contribution in [0.15, 0.2) is 91.2 Å². The van der Waals surface area contributed by atoms with E-state index in [9.17, 15) is 34.9 Å². The van der Waals surface area contributed by atoms with Gasteiger partial charge in [-0.2, -0.15) is 0 Å². The number of non-ortho nitro benzene ring substituents is 2. The lowest BCUT2D eigenvalue weighted by molar-refractivity contribution is -0.384. The highest BCUT2D eigenvalue weighted by atomic mass is 33.1. The summed E-state index contributed by atoms with van der Waals surface area (Å²) < 4.78 is 15.5. The van der Waals surface area contributed by atoms with E-state index in [2.05, 4.69) is 44.8 Å². The summed E-state index contributed by atoms with van der Waals surface area (Å²) in [4.78, 5) is 44.1. The van der Waals surface area contributed by atoms with Gasteiger partial charge in [0.15, 0.2) is 0 Å². The van der Waals surface area contributed by atoms with Crippen LogP contribution in [0.3, 0.4) is 0 Å². The second-order valence-electron chi connectivity index (χ2n) is 8.30. The summed E-state index contributed by atoms with van der Waals surface area (Å²) in [6.45, 7) is 0. The summed E-state index contributed by atoms with van der Waals surface area (Å²) in [5, 5.41) is 33.6. The molecule has 1 N–H and O–H groups in total. The van der Waals surface area contributed by atoms with Crippen LogP contribution in [0.5, 0.6) is 11.5 Å². The molecule has 2 aromatic heterocycles. The lowest BCUT2D eigenvalue weighted by Gasteiger charge is -2.07. The Morgan fingerprint density at radius 3 is 1.61 bits per heavy atom. The summed E-state index contributed by atoms with van der Waals surface area (Å²) in [6.07, 6.45) is 0. The molecule has 4 aromatic carbocycles. The number of benzene rings is 4. The van der Waals surface area contributed by atoms with E-state index in [1.165, 1.54) is 43.5 Å². The molecule has 44 heavy (non-hydrogen) atoms. The van der Waals surface area contributed by atoms with Gasteiger partial charge in [0.2, 0.25) is 0 Å². The number of hydrogen-bond acceptors (Lipinski definition) is 14. The first-order valence-electron chi connectivity index (χ1n) is 11.7. The minimum absolute atomic E-state index is 0.0416. The van der Waals surface area contributed by atoms with Crippen molar-refractivity contribution in [2.75, 3.05) is 7.11 Å². The van der Waals surface area contributed by atoms with Gasteiger partial charge in [0.05, 0.1) is 38.5 Å². The average molecular weight is 689 g/mol. The first kappa shape index (κ1) is 33.8. The van der Waals surface area contributed by atoms with Crippen molar-refractivity contribution in [1.29, 1.82) is 0 Å². The van der Waals surface area contributed by atoms with Gasteiger partial charge in [-0.25, -0.2) is 9.59 Å². The van der Waals surface area contributed by atoms with Crippen LogP contribution in [0.4, 0.5) is 11.4 Å². The number of aromatic hydroxyl groups is 1. The minimum atomic E-state index is -0.670. The van der Waals surface area contributed by atoms with Crippen molar-refractivity contribution >= 4 is 108 Å². The molecule has 0 aliphatic heterocycles. The lowest BCUT2D eigenvalue weighted by atomic mass is 10.1. The third-order valence-corrected chi connectivity index (χ3v) is 6.02. The van der Waals surface area contributed by atoms with Gasteiger partial charge in [-0.05, 0) is 36.4 Å². The van der Waals surface area contributed by atoms with Gasteiger partial charge in [0.1, 0.15) is 22.7 Å². The molecule has 6 aromatic rings. The van der Waals surface area contributed by atoms with Gasteiger partial charge in [0.25, 0.3) is 11.4 Å². The van der Waals surface area contributed by atoms with E-state index in [1.807, 2.05) is 0 Å². The molecule has 0 saturated carbocycles. The van der Waals surface area contributed by atoms with E-state index in [0.717, 1.165) is 14.9 Å². The largest absolute Gasteiger partial charge is 0.507 e. The zero-order chi connectivity index (χ0) is 32.6. The average Bonchev–Trinajstić information content (AvgIpc) is 3.02. The van der Waals surface area contributed by atoms with Crippen LogP contribution >= 0.6 is 0 Å². The standard InChI is InChI=1S/C14H9NO5.C13H7NO5.S3.S2/c1-19-11-3-2-4-12-13(11)9-6-5-8(15(17)18)7-10(9)14(16)20-12;15-10-2-1-3-11-12(10)8-5-4-7(14(17)18)6-9(8)13(16)19-11;1-3-2;1-2/h2-7H,1H3;1-6,15H;;. The lowest BCUT2D eigenvalue weighted by Crippen LogP contribution is -2.01. The molecular weight excluding hydrogens is 673 g/mol. The van der Waals surface area contributed by atoms with Gasteiger partial charge in [-0.15, -0.1) is 0 Å². The number of ether oxygens (including phenoxy) is 1. The Bertz CT molecular complexity index is 2210. The Kier molecular flexibility index (Phi) is 11.7. The quantitative estimate of drug-likeness (QED) is 0.108. The molecule has 0 amide bonds. The second-order valence-corrected chi connectivity index (χ2v) is 10.1. The summed E-state index contributed by atoms with van der Waals surface area (Å²) in [5.41, 5.74) is -1.00. The highest BCUT2D eigenvalue weighted by Gasteiger charge is 2.16. The molecule has 0 saturated heterocycles. The van der Waals surface area contributed by atoms with Crippen LogP contribution in [0, 0.1) is 20.2 Å². The maximum absolute atomic E-state index is 11.9. The van der Waals surface area contributed by atoms with Crippen LogP contribution in [0.1, 0.15) is 0 Å². The molecule has 2 heterocycles. The fourth-order valence-corrected chi connectivity index (χ4v) is 4.28. The Balaban J connectivity index is 0.000000210. The summed E-state index contributed by atoms with van der Waals surface area (Å²) in [7, 11) is 2.43. The molecule has 17 heteroatoms. The SMILES string of the molecule is COc1cccc2oc(=O)c3cc([N+](=O)[O-])ccc3c12.O=c1oc2cccc(O)c2c2ccc([N+](=O)[O-])cc12.S=S.S=S=S. The molecule has 6 rings (SSSR count). The van der Waals surface area contributed by atoms with Crippen molar-refractivity contribution in [2.45, 2.75) is 0 Å². The molecule has 0 bridgehead atoms. The maximum Gasteiger partial charge on any atom is 0.344 e. The summed E-state index contributed by atoms with van der Waals surface area (Å²) >= 11 is 15.6. The summed E-state index contributed by atoms with van der Waals surface area (Å²) in [6, 6.07) is 17.6. The Hall–Kier alpha value is -4.68. The van der Waals surface area contributed by atoms with Gasteiger partial charge in [0, 0.05) is 88.7 Å². The molecule has 0 aliphatic carbocycles. The molecular formula is C27H16N2O10S5. The van der Waals surface area contributed by atoms with E-state index in [0.29, 0.717) is 32.9 Å². The zero-order valence-electron chi connectivity index (χ0n) is 22.0. The number of rotatable bonds is 3. The van der Waals surface area contributed by atoms with Crippen molar-refractivity contribution in [3.63, 3.8) is 0 Å². The van der Waals surface area contributed by atoms with Crippen molar-refractivity contribution in [1.82, 2.24) is 0 Å². The molecule has 0 fully saturated rings. The molecule has 12 nitrogen and oxygen atoms in total. The predicted molar refractivity (Wildman–Crippen MR) is 178 cm³/mol. The number of nitro benzene ring substituents is 2. The monoisotopic (exact) mass is 688 g/mol. The first-order chi connectivity index (χ1) is 21.1. The number of phenols is 1. The highest BCUT2D eigenvalue weighted by molar-refractivity contribution is 8.37. The van der Waals surface area contributed by atoms with Crippen LogP contribution < -0.4 is 16.0 Å². The minimum Gasteiger partial charge on any atom is -0.507 e. The number of methoxy groups -OCH3 is 1. The molecule has 0 spiro atoms. The van der Waals surface area contributed by atoms with E-state index in [1.54, 1.807) is 30.3 Å². The molecule has 224 valence electrons. The van der Waals surface area contributed by atoms with Gasteiger partial charge < -0.3 is 18.7 Å². The van der Waals surface area contributed by atoms with Gasteiger partial charge in [-0.1, -0.05) is 12.1 Å². The van der Waals surface area contributed by atoms with Crippen molar-refractivity contribution < 1.29 is 28.5 Å². The fourth-order valence-electron chi connectivity index (χ4n) is 4.28. The van der Waals surface area contributed by atoms with E-state index >= 15 is 0 Å². The predicted octanol–water partition coefficient (Wildman–Crippen LogP) is 5.41. The van der Waals surface area contributed by atoms with Crippen molar-refractivity contribution in [2.24, 2.45) is 0 Å². The normalized spacial score (nSPS) is 10.0. The highest BCUT2D eigenvalue weighted by Crippen LogP contribution is 2.33. The van der Waals surface area contributed by atoms with Crippen molar-refractivity contribution in [3.05, 3.63) is 114 Å². The van der Waals surface area contributed by atoms with Crippen LogP contribution in [-0.2, 0) is 53.6 Å². The van der Waals surface area contributed by atoms with Gasteiger partial charge >= 0.3 is 11.3 Å². The molecule has 0 unspecified atom stereocenters. The zero-order valence-corrected chi connectivity index (χ0v) is 26.1. The third kappa shape index (κ3) is 7.09. The maximum atomic E-state index is 11.9. The molecule has 0 radical (unpaired) electrons. The molecule has 0 aliphatic rings. The fraction of sp³-hybridized carbons (Fsp3) is 0.0370. The first-order valence-corrected chi connectivity index (χ1v) is 15.7. The second kappa shape index (κ2) is 15.2. The van der Waals surface area contributed by atoms with Gasteiger partial charge in [-0.3, -0.25) is 20.2 Å². The van der Waals surface area contributed by atoms with E-state index in [4.69, 9.17) is 13.6 Å². The van der Waals surface area contributed by atoms with Crippen LogP contribution in [0.25, 0.3) is 43.5 Å². The Morgan fingerprint density at radius 2 is 1.16 bits per heavy atom. The number of nitro groups is 2. The topological polar surface area (TPSA) is 176 Å². The number of nitrogens with zero attached hydrogens (tertiary/aromatic N) is 2. The summed E-state index contributed by atoms with van der Waals surface area (Å²) in [5.74, 6) is 0.505. The number of phenolic OH excluding ortho intramolecular Hbond substituents is 1. The van der Waals surface area contributed by atoms with Crippen LogP contribution in [0.2, 0.25) is 0 Å². The van der Waals surface area contributed by atoms with Crippen LogP contribution in [-0.4, -0.2) is 22.1 Å². The number of hydrogen-bond donors (Lipinski definition) is 1. The third-order valence-electron chi connectivity index (χ3n) is 6.02. The number of fused-ring (bicyclic) bond motifs is 6. The van der Waals surface area contributed by atoms with E-state index in [-0.39, 0.29) is 33.5 Å². The smallest absolute Gasteiger partial charge is 0.344 e. The van der Waals surface area contributed by atoms with E-state index < -0.39 is 21.1 Å². The molecule has 0 atom stereocenters. The Labute approximate surface area is 268 Å².